The molecule has 3 aromatic heterocycles. The Morgan fingerprint density at radius 2 is 1.29 bits per heavy atom. The van der Waals surface area contributed by atoms with E-state index < -0.39 is 26.0 Å². The third-order valence-electron chi connectivity index (χ3n) is 13.2. The third kappa shape index (κ3) is 9.40. The molecule has 0 aliphatic carbocycles. The van der Waals surface area contributed by atoms with Gasteiger partial charge in [0.05, 0.1) is 16.9 Å². The molecule has 6 heteroatoms. The number of thiophene rings is 1. The van der Waals surface area contributed by atoms with E-state index in [0.717, 1.165) is 39.2 Å². The van der Waals surface area contributed by atoms with E-state index in [4.69, 9.17) is 10.5 Å². The molecule has 0 atom stereocenters. The van der Waals surface area contributed by atoms with Gasteiger partial charge in [-0.3, -0.25) is 4.98 Å². The molecule has 0 aliphatic heterocycles. The summed E-state index contributed by atoms with van der Waals surface area (Å²) in [6.07, 6.45) is 1.91. The summed E-state index contributed by atoms with van der Waals surface area (Å²) < 4.78 is 37.0. The summed E-state index contributed by atoms with van der Waals surface area (Å²) in [7, 11) is 0. The molecule has 8 aromatic carbocycles. The van der Waals surface area contributed by atoms with Crippen LogP contribution < -0.4 is 4.40 Å². The van der Waals surface area contributed by atoms with Gasteiger partial charge < -0.3 is 4.57 Å². The van der Waals surface area contributed by atoms with Crippen LogP contribution in [0.15, 0.2) is 158 Å². The molecule has 0 fully saturated rings. The molecule has 11 aromatic rings. The minimum Gasteiger partial charge on any atom is 0 e. The van der Waals surface area contributed by atoms with Crippen LogP contribution in [0.25, 0.3) is 92.2 Å². The number of pyridine rings is 1. The van der Waals surface area contributed by atoms with Crippen LogP contribution in [0, 0.1) is 19.0 Å². The summed E-state index contributed by atoms with van der Waals surface area (Å²) in [4.78, 5) is 9.91. The van der Waals surface area contributed by atoms with E-state index in [9.17, 15) is 0 Å². The summed E-state index contributed by atoms with van der Waals surface area (Å²) in [5.41, 5.74) is 12.3. The van der Waals surface area contributed by atoms with Crippen LogP contribution in [-0.2, 0) is 20.1 Å². The zero-order valence-electron chi connectivity index (χ0n) is 44.7. The van der Waals surface area contributed by atoms with Crippen LogP contribution in [-0.4, -0.2) is 27.8 Å². The second-order valence-corrected chi connectivity index (χ2v) is 31.5. The molecule has 0 spiro atoms. The number of para-hydroxylation sites is 2. The van der Waals surface area contributed by atoms with Gasteiger partial charge in [0.2, 0.25) is 0 Å². The first-order valence-electron chi connectivity index (χ1n) is 25.7. The fourth-order valence-electron chi connectivity index (χ4n) is 9.60. The third-order valence-corrected chi connectivity index (χ3v) is 18.5. The van der Waals surface area contributed by atoms with E-state index in [-0.39, 0.29) is 25.7 Å². The van der Waals surface area contributed by atoms with E-state index in [1.165, 1.54) is 80.1 Å². The first kappa shape index (κ1) is 43.3. The predicted molar refractivity (Wildman–Crippen MR) is 297 cm³/mol. The van der Waals surface area contributed by atoms with Crippen LogP contribution in [0.5, 0.6) is 0 Å². The summed E-state index contributed by atoms with van der Waals surface area (Å²) in [6.45, 7) is 10.9. The Labute approximate surface area is 434 Å². The maximum atomic E-state index is 8.49. The van der Waals surface area contributed by atoms with Crippen LogP contribution in [0.4, 0.5) is 0 Å². The summed E-state index contributed by atoms with van der Waals surface area (Å²) in [6, 6.07) is 60.1. The van der Waals surface area contributed by atoms with Gasteiger partial charge in [-0.1, -0.05) is 112 Å². The van der Waals surface area contributed by atoms with Crippen molar-refractivity contribution in [1.29, 1.82) is 0 Å². The maximum absolute atomic E-state index is 8.49. The van der Waals surface area contributed by atoms with Crippen molar-refractivity contribution in [3.8, 4) is 39.5 Å². The van der Waals surface area contributed by atoms with Gasteiger partial charge in [0, 0.05) is 30.5 Å². The number of imidazole rings is 1. The Morgan fingerprint density at radius 3 is 1.99 bits per heavy atom. The minimum absolute atomic E-state index is 0. The molecule has 0 bridgehead atoms. The van der Waals surface area contributed by atoms with Crippen molar-refractivity contribution in [2.45, 2.75) is 83.4 Å². The van der Waals surface area contributed by atoms with Crippen molar-refractivity contribution in [1.82, 2.24) is 14.5 Å². The number of aromatic nitrogens is 3. The number of hydrogen-bond donors (Lipinski definition) is 0. The van der Waals surface area contributed by atoms with Crippen molar-refractivity contribution < 1.29 is 25.6 Å². The molecule has 11 rings (SSSR count). The van der Waals surface area contributed by atoms with E-state index in [0.29, 0.717) is 11.8 Å². The Kier molecular flexibility index (Phi) is 12.3. The van der Waals surface area contributed by atoms with E-state index >= 15 is 0 Å². The Morgan fingerprint density at radius 1 is 0.609 bits per heavy atom. The fourth-order valence-corrected chi connectivity index (χ4v) is 14.0. The van der Waals surface area contributed by atoms with Gasteiger partial charge in [0.25, 0.3) is 0 Å². The van der Waals surface area contributed by atoms with Gasteiger partial charge in [-0.05, 0) is 102 Å². The summed E-state index contributed by atoms with van der Waals surface area (Å²) in [5, 5.41) is 7.68. The second-order valence-electron chi connectivity index (χ2n) is 19.9. The smallest absolute Gasteiger partial charge is 0 e. The van der Waals surface area contributed by atoms with Gasteiger partial charge in [-0.2, -0.15) is 11.3 Å². The van der Waals surface area contributed by atoms with E-state index in [2.05, 4.69) is 194 Å². The van der Waals surface area contributed by atoms with Crippen molar-refractivity contribution in [2.24, 2.45) is 0 Å². The Bertz CT molecular complexity index is 3800. The maximum Gasteiger partial charge on any atom is 0 e. The molecule has 0 N–H and O–H groups in total. The average Bonchev–Trinajstić information content (AvgIpc) is 3.92. The zero-order chi connectivity index (χ0) is 50.9. The van der Waals surface area contributed by atoms with Crippen molar-refractivity contribution in [3.63, 3.8) is 0 Å². The normalized spacial score (nSPS) is 13.1. The SMILES string of the molecule is CC(C)c1cc(-c2ccccc2)cc(C(C)C)c1-n1c(-c2[c-]cc3sc4cc5ccc6ccccc6c5cc4c3c2)nc2ccccc21.[2H]C([2H])([2H])c1c[c-]c(-c2cc(C([2H])(C)C)[c]([Ge]([CH3])([CH3])[CH3])cn2)cc1.[Ir]. The molecule has 0 aliphatic rings. The number of nitrogens with zero attached hydrogens (tertiary/aromatic N) is 3. The first-order chi connectivity index (χ1) is 34.2. The molecule has 347 valence electrons. The average molecular weight is 1160 g/mol. The fraction of sp³-hybridized carbons (Fsp3) is 0.206. The molecule has 0 unspecified atom stereocenters. The summed E-state index contributed by atoms with van der Waals surface area (Å²) in [5.74, 6) is 7.73. The summed E-state index contributed by atoms with van der Waals surface area (Å²) >= 11 is -0.296. The second kappa shape index (κ2) is 19.6. The number of benzene rings is 8. The monoisotopic (exact) mass is 1160 g/mol. The molecule has 3 nitrogen and oxygen atoms in total. The number of fused-ring (bicyclic) bond motifs is 7. The van der Waals surface area contributed by atoms with Gasteiger partial charge in [-0.25, -0.2) is 0 Å². The van der Waals surface area contributed by atoms with Gasteiger partial charge in [-0.15, -0.1) is 23.8 Å². The van der Waals surface area contributed by atoms with Crippen LogP contribution in [0.2, 0.25) is 17.3 Å². The van der Waals surface area contributed by atoms with Crippen LogP contribution >= 0.6 is 11.3 Å². The topological polar surface area (TPSA) is 30.7 Å². The van der Waals surface area contributed by atoms with Crippen molar-refractivity contribution >= 4 is 81.7 Å². The van der Waals surface area contributed by atoms with E-state index in [1.807, 2.05) is 37.4 Å². The van der Waals surface area contributed by atoms with Gasteiger partial charge in [0.1, 0.15) is 0 Å². The molecule has 0 saturated heterocycles. The predicted octanol–water partition coefficient (Wildman–Crippen LogP) is 17.6. The molecule has 69 heavy (non-hydrogen) atoms. The Balaban J connectivity index is 0.000000223. The Hall–Kier alpha value is -5.69. The quantitative estimate of drug-likeness (QED) is 0.0862. The number of aryl methyl sites for hydroxylation is 1. The van der Waals surface area contributed by atoms with Crippen molar-refractivity contribution in [3.05, 3.63) is 192 Å². The zero-order valence-corrected chi connectivity index (χ0v) is 46.1. The van der Waals surface area contributed by atoms with Gasteiger partial charge >= 0.3 is 131 Å². The number of hydrogen-bond acceptors (Lipinski definition) is 3. The molecule has 0 saturated carbocycles. The molecular weight excluding hydrogens is 1100 g/mol. The molecule has 0 amide bonds. The van der Waals surface area contributed by atoms with Crippen molar-refractivity contribution in [2.75, 3.05) is 0 Å². The van der Waals surface area contributed by atoms with Crippen LogP contribution in [0.1, 0.15) is 87.0 Å². The largest absolute Gasteiger partial charge is 0 e. The number of rotatable bonds is 8. The van der Waals surface area contributed by atoms with E-state index in [1.54, 1.807) is 12.1 Å². The molecule has 3 heterocycles. The first-order valence-corrected chi connectivity index (χ1v) is 31.8. The van der Waals surface area contributed by atoms with Crippen LogP contribution in [0.3, 0.4) is 0 Å². The minimum atomic E-state index is -2.14. The molecular formula is C63H59GeIrN3S-2. The standard InChI is InChI=1S/C45H35N2S.C18H24GeN.Ir/c1-27(2)35-23-33(29-12-6-5-7-13-29)24-36(28(3)4)44(35)47-41-17-11-10-16-40(41)46-45(47)32-20-21-42-38(22-32)39-26-37-31(25-43(39)48-42)19-18-30-14-8-9-15-34(30)37;1-13(2)16-11-18(15-9-7-14(3)8-10-15)20-12-17(16)19(4,5)6;/h5-19,21-28H,1-4H3;7-9,11-13H,1-6H3;/q2*-1;/i;3D3,13D;. The molecule has 1 radical (unpaired) electrons. The van der Waals surface area contributed by atoms with Gasteiger partial charge in [0.15, 0.2) is 0 Å².